The highest BCUT2D eigenvalue weighted by molar-refractivity contribution is 5.76. The summed E-state index contributed by atoms with van der Waals surface area (Å²) in [6, 6.07) is 0.308. The van der Waals surface area contributed by atoms with Gasteiger partial charge in [0.05, 0.1) is 6.61 Å². The Labute approximate surface area is 110 Å². The Hall–Kier alpha value is -0.650. The minimum atomic E-state index is 0.0548. The molecule has 1 aliphatic rings. The van der Waals surface area contributed by atoms with Crippen LogP contribution in [0.2, 0.25) is 0 Å². The molecule has 1 fully saturated rings. The number of amides is 1. The van der Waals surface area contributed by atoms with E-state index in [0.29, 0.717) is 19.0 Å². The molecule has 1 heterocycles. The number of rotatable bonds is 7. The van der Waals surface area contributed by atoms with Crippen molar-refractivity contribution in [2.75, 3.05) is 46.4 Å². The predicted octanol–water partition coefficient (Wildman–Crippen LogP) is -0.0989. The number of aliphatic hydroxyl groups is 1. The SMILES string of the molecule is CCNCCC(=O)N(CCO)C1CCN(C)CC1. The highest BCUT2D eigenvalue weighted by Crippen LogP contribution is 2.16. The molecule has 106 valence electrons. The van der Waals surface area contributed by atoms with E-state index < -0.39 is 0 Å². The molecule has 0 aromatic carbocycles. The molecule has 1 saturated heterocycles. The van der Waals surface area contributed by atoms with Crippen LogP contribution in [-0.2, 0) is 4.79 Å². The van der Waals surface area contributed by atoms with Crippen LogP contribution in [0.1, 0.15) is 26.2 Å². The van der Waals surface area contributed by atoms with Gasteiger partial charge in [-0.3, -0.25) is 4.79 Å². The Balaban J connectivity index is 2.44. The molecular weight excluding hydrogens is 230 g/mol. The Kier molecular flexibility index (Phi) is 7.23. The first kappa shape index (κ1) is 15.4. The van der Waals surface area contributed by atoms with Gasteiger partial charge in [-0.1, -0.05) is 6.92 Å². The Morgan fingerprint density at radius 2 is 2.11 bits per heavy atom. The molecule has 1 rings (SSSR count). The fourth-order valence-corrected chi connectivity index (χ4v) is 2.44. The Morgan fingerprint density at radius 1 is 1.44 bits per heavy atom. The van der Waals surface area contributed by atoms with E-state index in [1.165, 1.54) is 0 Å². The van der Waals surface area contributed by atoms with E-state index in [1.54, 1.807) is 0 Å². The quantitative estimate of drug-likeness (QED) is 0.626. The number of nitrogens with zero attached hydrogens (tertiary/aromatic N) is 2. The molecule has 0 unspecified atom stereocenters. The first-order valence-corrected chi connectivity index (χ1v) is 6.98. The lowest BCUT2D eigenvalue weighted by molar-refractivity contribution is -0.135. The van der Waals surface area contributed by atoms with Crippen LogP contribution in [0, 0.1) is 0 Å². The molecule has 0 radical (unpaired) electrons. The van der Waals surface area contributed by atoms with Crippen LogP contribution in [-0.4, -0.2) is 73.2 Å². The summed E-state index contributed by atoms with van der Waals surface area (Å²) in [7, 11) is 2.11. The van der Waals surface area contributed by atoms with E-state index in [2.05, 4.69) is 17.3 Å². The van der Waals surface area contributed by atoms with Crippen molar-refractivity contribution < 1.29 is 9.90 Å². The fourth-order valence-electron chi connectivity index (χ4n) is 2.44. The number of carbonyl (C=O) groups excluding carboxylic acids is 1. The van der Waals surface area contributed by atoms with E-state index in [4.69, 9.17) is 5.11 Å². The molecule has 0 bridgehead atoms. The van der Waals surface area contributed by atoms with Gasteiger partial charge in [0.2, 0.25) is 5.91 Å². The van der Waals surface area contributed by atoms with Gasteiger partial charge in [0.25, 0.3) is 0 Å². The minimum absolute atomic E-state index is 0.0548. The predicted molar refractivity (Wildman–Crippen MR) is 72.5 cm³/mol. The van der Waals surface area contributed by atoms with Gasteiger partial charge in [0.1, 0.15) is 0 Å². The van der Waals surface area contributed by atoms with Gasteiger partial charge in [-0.2, -0.15) is 0 Å². The van der Waals surface area contributed by atoms with E-state index >= 15 is 0 Å². The van der Waals surface area contributed by atoms with Crippen LogP contribution >= 0.6 is 0 Å². The van der Waals surface area contributed by atoms with Crippen molar-refractivity contribution in [1.29, 1.82) is 0 Å². The molecule has 2 N–H and O–H groups in total. The van der Waals surface area contributed by atoms with Crippen LogP contribution in [0.4, 0.5) is 0 Å². The molecule has 0 spiro atoms. The molecule has 0 saturated carbocycles. The van der Waals surface area contributed by atoms with Gasteiger partial charge in [-0.05, 0) is 39.5 Å². The third kappa shape index (κ3) is 4.92. The summed E-state index contributed by atoms with van der Waals surface area (Å²) in [5.74, 6) is 0.166. The number of hydrogen-bond acceptors (Lipinski definition) is 4. The zero-order valence-corrected chi connectivity index (χ0v) is 11.7. The van der Waals surface area contributed by atoms with Crippen molar-refractivity contribution in [2.45, 2.75) is 32.2 Å². The second-order valence-electron chi connectivity index (χ2n) is 4.95. The zero-order chi connectivity index (χ0) is 13.4. The summed E-state index contributed by atoms with van der Waals surface area (Å²) >= 11 is 0. The maximum absolute atomic E-state index is 12.1. The molecule has 1 aliphatic heterocycles. The van der Waals surface area contributed by atoms with Crippen molar-refractivity contribution in [3.63, 3.8) is 0 Å². The summed E-state index contributed by atoms with van der Waals surface area (Å²) < 4.78 is 0. The van der Waals surface area contributed by atoms with Gasteiger partial charge in [0, 0.05) is 25.6 Å². The molecule has 1 amide bonds. The molecule has 5 nitrogen and oxygen atoms in total. The lowest BCUT2D eigenvalue weighted by Gasteiger charge is -2.37. The zero-order valence-electron chi connectivity index (χ0n) is 11.7. The number of aliphatic hydroxyl groups excluding tert-OH is 1. The maximum atomic E-state index is 12.1. The fraction of sp³-hybridized carbons (Fsp3) is 0.923. The van der Waals surface area contributed by atoms with Crippen LogP contribution < -0.4 is 5.32 Å². The lowest BCUT2D eigenvalue weighted by atomic mass is 10.0. The second kappa shape index (κ2) is 8.45. The van der Waals surface area contributed by atoms with Crippen molar-refractivity contribution >= 4 is 5.91 Å². The van der Waals surface area contributed by atoms with Crippen molar-refractivity contribution in [3.05, 3.63) is 0 Å². The van der Waals surface area contributed by atoms with Crippen LogP contribution in [0.25, 0.3) is 0 Å². The van der Waals surface area contributed by atoms with E-state index in [1.807, 2.05) is 11.8 Å². The molecule has 0 atom stereocenters. The number of carbonyl (C=O) groups is 1. The number of nitrogens with one attached hydrogen (secondary N) is 1. The topological polar surface area (TPSA) is 55.8 Å². The van der Waals surface area contributed by atoms with E-state index in [-0.39, 0.29) is 12.5 Å². The van der Waals surface area contributed by atoms with E-state index in [9.17, 15) is 4.79 Å². The minimum Gasteiger partial charge on any atom is -0.395 e. The molecule has 5 heteroatoms. The second-order valence-corrected chi connectivity index (χ2v) is 4.95. The Morgan fingerprint density at radius 3 is 2.67 bits per heavy atom. The average Bonchev–Trinajstić information content (AvgIpc) is 2.37. The average molecular weight is 257 g/mol. The number of piperidine rings is 1. The Bertz CT molecular complexity index is 240. The normalized spacial score (nSPS) is 17.9. The first-order chi connectivity index (χ1) is 8.69. The van der Waals surface area contributed by atoms with Crippen molar-refractivity contribution in [1.82, 2.24) is 15.1 Å². The summed E-state index contributed by atoms with van der Waals surface area (Å²) in [6.45, 7) is 6.25. The summed E-state index contributed by atoms with van der Waals surface area (Å²) in [6.07, 6.45) is 2.56. The summed E-state index contributed by atoms with van der Waals surface area (Å²) in [5.41, 5.74) is 0. The highest BCUT2D eigenvalue weighted by Gasteiger charge is 2.25. The van der Waals surface area contributed by atoms with Crippen LogP contribution in [0.5, 0.6) is 0 Å². The molecule has 0 aromatic rings. The molecule has 0 aromatic heterocycles. The number of hydrogen-bond donors (Lipinski definition) is 2. The van der Waals surface area contributed by atoms with Crippen molar-refractivity contribution in [2.24, 2.45) is 0 Å². The largest absolute Gasteiger partial charge is 0.395 e. The lowest BCUT2D eigenvalue weighted by Crippen LogP contribution is -2.48. The van der Waals surface area contributed by atoms with Gasteiger partial charge in [0.15, 0.2) is 0 Å². The van der Waals surface area contributed by atoms with Crippen LogP contribution in [0.3, 0.4) is 0 Å². The van der Waals surface area contributed by atoms with Gasteiger partial charge < -0.3 is 20.2 Å². The molecular formula is C13H27N3O2. The van der Waals surface area contributed by atoms with Gasteiger partial charge >= 0.3 is 0 Å². The third-order valence-electron chi connectivity index (χ3n) is 3.56. The smallest absolute Gasteiger partial charge is 0.224 e. The third-order valence-corrected chi connectivity index (χ3v) is 3.56. The van der Waals surface area contributed by atoms with Crippen molar-refractivity contribution in [3.8, 4) is 0 Å². The molecule has 18 heavy (non-hydrogen) atoms. The summed E-state index contributed by atoms with van der Waals surface area (Å²) in [5, 5.41) is 12.3. The van der Waals surface area contributed by atoms with E-state index in [0.717, 1.165) is 39.0 Å². The van der Waals surface area contributed by atoms with Gasteiger partial charge in [-0.25, -0.2) is 0 Å². The van der Waals surface area contributed by atoms with Crippen LogP contribution in [0.15, 0.2) is 0 Å². The maximum Gasteiger partial charge on any atom is 0.224 e. The standard InChI is InChI=1S/C13H27N3O2/c1-3-14-7-4-13(18)16(10-11-17)12-5-8-15(2)9-6-12/h12,14,17H,3-11H2,1-2H3. The molecule has 0 aliphatic carbocycles. The summed E-state index contributed by atoms with van der Waals surface area (Å²) in [4.78, 5) is 16.3. The first-order valence-electron chi connectivity index (χ1n) is 6.98. The highest BCUT2D eigenvalue weighted by atomic mass is 16.3. The van der Waals surface area contributed by atoms with Gasteiger partial charge in [-0.15, -0.1) is 0 Å². The monoisotopic (exact) mass is 257 g/mol. The number of likely N-dealkylation sites (tertiary alicyclic amines) is 1.